The van der Waals surface area contributed by atoms with E-state index in [-0.39, 0.29) is 84.5 Å². The molecule has 7 aliphatic rings. The van der Waals surface area contributed by atoms with Gasteiger partial charge in [0.05, 0.1) is 48.3 Å². The van der Waals surface area contributed by atoms with Crippen LogP contribution in [0, 0.1) is 40.4 Å². The fraction of sp³-hybridized carbons (Fsp3) is 0.757. The van der Waals surface area contributed by atoms with E-state index in [2.05, 4.69) is 11.8 Å². The summed E-state index contributed by atoms with van der Waals surface area (Å²) >= 11 is 0. The van der Waals surface area contributed by atoms with E-state index < -0.39 is 46.1 Å². The highest BCUT2D eigenvalue weighted by molar-refractivity contribution is 6.22. The summed E-state index contributed by atoms with van der Waals surface area (Å²) in [5.41, 5.74) is -4.17. The van der Waals surface area contributed by atoms with Crippen LogP contribution in [0.2, 0.25) is 0 Å². The summed E-state index contributed by atoms with van der Waals surface area (Å²) in [6.07, 6.45) is 0.813. The number of likely N-dealkylation sites (N-methyl/N-ethyl adjacent to an activating group) is 1. The summed E-state index contributed by atoms with van der Waals surface area (Å²) in [4.78, 5) is 43.3. The molecule has 2 heterocycles. The van der Waals surface area contributed by atoms with Crippen molar-refractivity contribution in [1.29, 1.82) is 0 Å². The van der Waals surface area contributed by atoms with Crippen molar-refractivity contribution in [1.82, 2.24) is 4.90 Å². The summed E-state index contributed by atoms with van der Waals surface area (Å²) < 4.78 is 31.4. The molecule has 2 aliphatic heterocycles. The van der Waals surface area contributed by atoms with Gasteiger partial charge in [-0.2, -0.15) is 0 Å². The number of piperidine rings is 1. The second kappa shape index (κ2) is 11.3. The molecule has 7 fully saturated rings. The van der Waals surface area contributed by atoms with Crippen LogP contribution in [0.5, 0.6) is 0 Å². The largest absolute Gasteiger partial charge is 0.461 e. The van der Waals surface area contributed by atoms with Gasteiger partial charge in [0.2, 0.25) is 11.8 Å². The lowest BCUT2D eigenvalue weighted by Crippen LogP contribution is -2.82. The Morgan fingerprint density at radius 2 is 1.80 bits per heavy atom. The van der Waals surface area contributed by atoms with Crippen LogP contribution < -0.4 is 4.90 Å². The standard InChI is InChI=1S/C37H50N2O10/c1-7-38-17-34(18-49-32(42)20-10-8-9-11-23(20)39-26(40)14-19(2)31(39)41)13-12-25(46-4)36-22-15-21-24(45-3)16-35(43,27(22)28(21)47-5)37(44,33(36)38)30(48-6)29(34)36/h8-11,19,21-22,24-25,27-30,33,43-44H,7,12-18H2,1-6H3/t19-,21+,22+,24-,25?,27+,28-,29+,30-,33?,34-,35+,36?,37?/m0/s1. The molecule has 12 heteroatoms. The maximum Gasteiger partial charge on any atom is 0.340 e. The highest BCUT2D eigenvalue weighted by atomic mass is 16.5. The summed E-state index contributed by atoms with van der Waals surface area (Å²) in [5, 5.41) is 26.6. The molecule has 2 N–H and O–H groups in total. The fourth-order valence-electron chi connectivity index (χ4n) is 13.2. The zero-order valence-corrected chi connectivity index (χ0v) is 29.3. The van der Waals surface area contributed by atoms with Gasteiger partial charge in [-0.1, -0.05) is 26.0 Å². The van der Waals surface area contributed by atoms with Crippen molar-refractivity contribution in [3.05, 3.63) is 29.8 Å². The first kappa shape index (κ1) is 33.7. The Kier molecular flexibility index (Phi) is 7.75. The summed E-state index contributed by atoms with van der Waals surface area (Å²) in [7, 11) is 6.70. The van der Waals surface area contributed by atoms with Gasteiger partial charge in [0, 0.05) is 82.3 Å². The number of methoxy groups -OCH3 is 4. The Labute approximate surface area is 287 Å². The van der Waals surface area contributed by atoms with Crippen LogP contribution in [0.1, 0.15) is 56.3 Å². The van der Waals surface area contributed by atoms with Crippen molar-refractivity contribution in [2.75, 3.05) is 53.0 Å². The van der Waals surface area contributed by atoms with Gasteiger partial charge in [-0.25, -0.2) is 9.69 Å². The molecule has 14 atom stereocenters. The Bertz CT molecular complexity index is 1560. The molecule has 7 bridgehead atoms. The van der Waals surface area contributed by atoms with Gasteiger partial charge in [0.1, 0.15) is 11.2 Å². The first-order chi connectivity index (χ1) is 23.4. The van der Waals surface area contributed by atoms with Crippen molar-refractivity contribution < 1.29 is 48.3 Å². The number of fused-ring (bicyclic) bond motifs is 2. The average Bonchev–Trinajstić information content (AvgIpc) is 3.63. The van der Waals surface area contributed by atoms with Gasteiger partial charge in [0.25, 0.3) is 0 Å². The maximum atomic E-state index is 14.1. The van der Waals surface area contributed by atoms with Gasteiger partial charge >= 0.3 is 5.97 Å². The number of para-hydroxylation sites is 1. The molecular formula is C37H50N2O10. The van der Waals surface area contributed by atoms with Crippen molar-refractivity contribution in [2.45, 2.75) is 87.6 Å². The van der Waals surface area contributed by atoms with Gasteiger partial charge in [-0.3, -0.25) is 14.5 Å². The number of carbonyl (C=O) groups is 3. The SMILES string of the molecule is CCN1C[C@]2(COC(=O)c3ccccc3N3C(=O)C[C@H](C)C3=O)CCC(OC)C34C1C(O)([C@@H](OC)[C@@H]32)[C@@]1(O)C[C@H](OC)[C@H]2C[C@@H]4[C@@H]1[C@H]2OC. The van der Waals surface area contributed by atoms with Crippen LogP contribution in [-0.2, 0) is 33.3 Å². The zero-order valence-electron chi connectivity index (χ0n) is 29.3. The van der Waals surface area contributed by atoms with Crippen LogP contribution in [0.15, 0.2) is 24.3 Å². The first-order valence-electron chi connectivity index (χ1n) is 17.9. The molecule has 49 heavy (non-hydrogen) atoms. The quantitative estimate of drug-likeness (QED) is 0.292. The minimum absolute atomic E-state index is 0.0358. The topological polar surface area (TPSA) is 144 Å². The molecule has 2 amide bonds. The predicted octanol–water partition coefficient (Wildman–Crippen LogP) is 2.04. The number of rotatable bonds is 9. The molecule has 8 rings (SSSR count). The molecule has 1 aromatic rings. The third-order valence-electron chi connectivity index (χ3n) is 14.5. The number of esters is 1. The van der Waals surface area contributed by atoms with Crippen LogP contribution >= 0.6 is 0 Å². The highest BCUT2D eigenvalue weighted by Gasteiger charge is 2.91. The predicted molar refractivity (Wildman–Crippen MR) is 174 cm³/mol. The van der Waals surface area contributed by atoms with Crippen LogP contribution in [0.25, 0.3) is 0 Å². The normalized spacial score (nSPS) is 48.0. The van der Waals surface area contributed by atoms with Crippen LogP contribution in [0.3, 0.4) is 0 Å². The molecule has 268 valence electrons. The molecule has 1 aromatic carbocycles. The Morgan fingerprint density at radius 3 is 2.43 bits per heavy atom. The van der Waals surface area contributed by atoms with E-state index in [4.69, 9.17) is 23.7 Å². The number of carbonyl (C=O) groups excluding carboxylic acids is 3. The monoisotopic (exact) mass is 682 g/mol. The molecule has 0 radical (unpaired) electrons. The van der Waals surface area contributed by atoms with Gasteiger partial charge in [-0.05, 0) is 43.9 Å². The van der Waals surface area contributed by atoms with E-state index in [1.807, 2.05) is 0 Å². The minimum atomic E-state index is -1.70. The zero-order chi connectivity index (χ0) is 34.8. The smallest absolute Gasteiger partial charge is 0.340 e. The number of benzene rings is 1. The second-order valence-corrected chi connectivity index (χ2v) is 16.0. The highest BCUT2D eigenvalue weighted by Crippen LogP contribution is 2.80. The lowest BCUT2D eigenvalue weighted by molar-refractivity contribution is -0.320. The number of ether oxygens (including phenoxy) is 5. The van der Waals surface area contributed by atoms with Crippen LogP contribution in [-0.4, -0.2) is 123 Å². The number of likely N-dealkylation sites (tertiary alicyclic amines) is 1. The van der Waals surface area contributed by atoms with Gasteiger partial charge in [0.15, 0.2) is 0 Å². The lowest BCUT2D eigenvalue weighted by Gasteiger charge is -2.70. The van der Waals surface area contributed by atoms with Crippen molar-refractivity contribution in [3.8, 4) is 0 Å². The molecule has 2 saturated heterocycles. The number of hydrogen-bond acceptors (Lipinski definition) is 11. The second-order valence-electron chi connectivity index (χ2n) is 16.0. The van der Waals surface area contributed by atoms with E-state index in [0.717, 1.165) is 11.3 Å². The number of hydrogen-bond donors (Lipinski definition) is 2. The maximum absolute atomic E-state index is 14.1. The third-order valence-corrected chi connectivity index (χ3v) is 14.5. The third kappa shape index (κ3) is 3.86. The van der Waals surface area contributed by atoms with E-state index >= 15 is 0 Å². The number of nitrogens with zero attached hydrogens (tertiary/aromatic N) is 2. The molecule has 5 aliphatic carbocycles. The summed E-state index contributed by atoms with van der Waals surface area (Å²) in [6.45, 7) is 4.95. The number of imide groups is 1. The van der Waals surface area contributed by atoms with Gasteiger partial charge in [-0.15, -0.1) is 0 Å². The molecule has 12 nitrogen and oxygen atoms in total. The minimum Gasteiger partial charge on any atom is -0.461 e. The lowest BCUT2D eigenvalue weighted by atomic mass is 9.42. The fourth-order valence-corrected chi connectivity index (χ4v) is 13.2. The summed E-state index contributed by atoms with van der Waals surface area (Å²) in [5.74, 6) is -2.47. The van der Waals surface area contributed by atoms with Crippen molar-refractivity contribution in [2.24, 2.45) is 40.4 Å². The molecule has 1 spiro atoms. The first-order valence-corrected chi connectivity index (χ1v) is 17.9. The van der Waals surface area contributed by atoms with Crippen molar-refractivity contribution >= 4 is 23.5 Å². The number of aliphatic hydroxyl groups is 2. The Morgan fingerprint density at radius 1 is 1.04 bits per heavy atom. The van der Waals surface area contributed by atoms with E-state index in [1.165, 1.54) is 0 Å². The molecular weight excluding hydrogens is 632 g/mol. The summed E-state index contributed by atoms with van der Waals surface area (Å²) in [6, 6.07) is 6.12. The van der Waals surface area contributed by atoms with E-state index in [1.54, 1.807) is 59.6 Å². The Hall–Kier alpha value is -2.45. The van der Waals surface area contributed by atoms with E-state index in [9.17, 15) is 24.6 Å². The van der Waals surface area contributed by atoms with E-state index in [0.29, 0.717) is 25.9 Å². The molecule has 5 saturated carbocycles. The molecule has 0 aromatic heterocycles. The van der Waals surface area contributed by atoms with Crippen LogP contribution in [0.4, 0.5) is 5.69 Å². The number of anilines is 1. The number of amides is 2. The molecule has 4 unspecified atom stereocenters. The van der Waals surface area contributed by atoms with Crippen molar-refractivity contribution in [3.63, 3.8) is 0 Å². The average molecular weight is 683 g/mol. The van der Waals surface area contributed by atoms with Gasteiger partial charge < -0.3 is 33.9 Å². The Balaban J connectivity index is 1.23.